The number of pyridine rings is 2. The molecule has 0 saturated carbocycles. The molecular formula is C24H17BrClN3O5. The van der Waals surface area contributed by atoms with Gasteiger partial charge in [-0.25, -0.2) is 14.6 Å². The molecule has 0 aliphatic rings. The number of carboxylic acids is 2. The van der Waals surface area contributed by atoms with Gasteiger partial charge < -0.3 is 20.3 Å². The average Bonchev–Trinajstić information content (AvgIpc) is 2.80. The maximum absolute atomic E-state index is 12.0. The number of aromatic nitrogens is 2. The number of aromatic carboxylic acids is 1. The Bertz CT molecular complexity index is 1380. The quantitative estimate of drug-likeness (QED) is 0.261. The first kappa shape index (κ1) is 23.5. The van der Waals surface area contributed by atoms with E-state index in [0.29, 0.717) is 37.5 Å². The smallest absolute Gasteiger partial charge is 0.339 e. The van der Waals surface area contributed by atoms with Crippen molar-refractivity contribution >= 4 is 56.2 Å². The Hall–Kier alpha value is -3.69. The highest BCUT2D eigenvalue weighted by Gasteiger charge is 2.22. The Labute approximate surface area is 207 Å². The Balaban J connectivity index is 1.55. The Morgan fingerprint density at radius 1 is 1.09 bits per heavy atom. The number of hydrogen-bond acceptors (Lipinski definition) is 6. The van der Waals surface area contributed by atoms with Crippen molar-refractivity contribution in [3.63, 3.8) is 0 Å². The first-order chi connectivity index (χ1) is 16.3. The van der Waals surface area contributed by atoms with Crippen LogP contribution < -0.4 is 10.1 Å². The van der Waals surface area contributed by atoms with Gasteiger partial charge in [0.2, 0.25) is 0 Å². The maximum Gasteiger partial charge on any atom is 0.339 e. The molecule has 0 bridgehead atoms. The van der Waals surface area contributed by atoms with Crippen molar-refractivity contribution in [2.45, 2.75) is 12.5 Å². The molecule has 4 rings (SSSR count). The lowest BCUT2D eigenvalue weighted by atomic mass is 10.0. The van der Waals surface area contributed by atoms with Gasteiger partial charge in [0.05, 0.1) is 9.99 Å². The van der Waals surface area contributed by atoms with Crippen LogP contribution in [0.4, 0.5) is 5.82 Å². The normalized spacial score (nSPS) is 11.7. The van der Waals surface area contributed by atoms with Crippen molar-refractivity contribution in [3.8, 4) is 11.5 Å². The molecule has 0 aliphatic carbocycles. The molecule has 0 amide bonds. The fourth-order valence-corrected chi connectivity index (χ4v) is 3.80. The summed E-state index contributed by atoms with van der Waals surface area (Å²) in [5.74, 6) is -1.24. The van der Waals surface area contributed by atoms with E-state index in [2.05, 4.69) is 31.2 Å². The third-order valence-electron chi connectivity index (χ3n) is 4.94. The average molecular weight is 543 g/mol. The number of halogens is 2. The fourth-order valence-electron chi connectivity index (χ4n) is 3.29. The lowest BCUT2D eigenvalue weighted by molar-refractivity contribution is -0.137. The molecule has 4 aromatic rings. The monoisotopic (exact) mass is 541 g/mol. The van der Waals surface area contributed by atoms with E-state index in [-0.39, 0.29) is 17.8 Å². The zero-order valence-corrected chi connectivity index (χ0v) is 19.7. The van der Waals surface area contributed by atoms with Gasteiger partial charge in [0, 0.05) is 35.3 Å². The lowest BCUT2D eigenvalue weighted by Crippen LogP contribution is -2.32. The van der Waals surface area contributed by atoms with Gasteiger partial charge in [-0.2, -0.15) is 0 Å². The summed E-state index contributed by atoms with van der Waals surface area (Å²) in [4.78, 5) is 32.1. The van der Waals surface area contributed by atoms with Gasteiger partial charge in [-0.1, -0.05) is 23.7 Å². The largest absolute Gasteiger partial charge is 0.480 e. The first-order valence-corrected chi connectivity index (χ1v) is 11.2. The predicted octanol–water partition coefficient (Wildman–Crippen LogP) is 5.64. The number of aliphatic carboxylic acids is 1. The lowest BCUT2D eigenvalue weighted by Gasteiger charge is -2.17. The molecule has 34 heavy (non-hydrogen) atoms. The predicted molar refractivity (Wildman–Crippen MR) is 131 cm³/mol. The van der Waals surface area contributed by atoms with Crippen LogP contribution in [0.15, 0.2) is 71.5 Å². The van der Waals surface area contributed by atoms with Gasteiger partial charge in [-0.3, -0.25) is 4.98 Å². The molecule has 2 aromatic heterocycles. The highest BCUT2D eigenvalue weighted by Crippen LogP contribution is 2.29. The second-order valence-corrected chi connectivity index (χ2v) is 8.61. The van der Waals surface area contributed by atoms with Crippen molar-refractivity contribution in [2.24, 2.45) is 0 Å². The van der Waals surface area contributed by atoms with Crippen LogP contribution >= 0.6 is 27.5 Å². The number of rotatable bonds is 8. The van der Waals surface area contributed by atoms with Crippen LogP contribution in [-0.2, 0) is 11.2 Å². The molecule has 0 radical (unpaired) electrons. The molecule has 8 nitrogen and oxygen atoms in total. The summed E-state index contributed by atoms with van der Waals surface area (Å²) in [5, 5.41) is 23.1. The summed E-state index contributed by atoms with van der Waals surface area (Å²) in [5.41, 5.74) is 1.06. The van der Waals surface area contributed by atoms with E-state index in [4.69, 9.17) is 16.3 Å². The number of ether oxygens (including phenoxy) is 1. The second kappa shape index (κ2) is 10.1. The van der Waals surface area contributed by atoms with E-state index in [1.54, 1.807) is 60.9 Å². The minimum atomic E-state index is -1.23. The van der Waals surface area contributed by atoms with E-state index in [0.717, 1.165) is 0 Å². The fraction of sp³-hybridized carbons (Fsp3) is 0.0833. The summed E-state index contributed by atoms with van der Waals surface area (Å²) in [6.07, 6.45) is 3.32. The zero-order chi connectivity index (χ0) is 24.2. The van der Waals surface area contributed by atoms with Crippen LogP contribution in [0.1, 0.15) is 15.9 Å². The molecular weight excluding hydrogens is 526 g/mol. The van der Waals surface area contributed by atoms with E-state index in [1.165, 1.54) is 6.07 Å². The van der Waals surface area contributed by atoms with Gasteiger partial charge in [-0.15, -0.1) is 0 Å². The van der Waals surface area contributed by atoms with Gasteiger partial charge in [-0.05, 0) is 57.9 Å². The van der Waals surface area contributed by atoms with Crippen molar-refractivity contribution in [1.29, 1.82) is 0 Å². The van der Waals surface area contributed by atoms with Gasteiger partial charge in [0.1, 0.15) is 28.9 Å². The van der Waals surface area contributed by atoms with Gasteiger partial charge in [0.25, 0.3) is 0 Å². The van der Waals surface area contributed by atoms with Crippen molar-refractivity contribution in [1.82, 2.24) is 9.97 Å². The molecule has 2 heterocycles. The van der Waals surface area contributed by atoms with Crippen molar-refractivity contribution in [3.05, 3.63) is 87.6 Å². The molecule has 0 unspecified atom stereocenters. The van der Waals surface area contributed by atoms with E-state index in [1.807, 2.05) is 0 Å². The minimum Gasteiger partial charge on any atom is -0.480 e. The van der Waals surface area contributed by atoms with Crippen LogP contribution in [0.2, 0.25) is 5.02 Å². The number of carbonyl (C=O) groups is 2. The molecule has 0 aliphatic heterocycles. The highest BCUT2D eigenvalue weighted by molar-refractivity contribution is 9.10. The van der Waals surface area contributed by atoms with E-state index < -0.39 is 18.0 Å². The molecule has 0 fully saturated rings. The van der Waals surface area contributed by atoms with E-state index >= 15 is 0 Å². The van der Waals surface area contributed by atoms with Gasteiger partial charge >= 0.3 is 11.9 Å². The number of benzene rings is 2. The number of anilines is 1. The van der Waals surface area contributed by atoms with Crippen LogP contribution in [0.5, 0.6) is 11.5 Å². The minimum absolute atomic E-state index is 0.0304. The summed E-state index contributed by atoms with van der Waals surface area (Å²) in [6, 6.07) is 13.8. The number of nitrogens with one attached hydrogen (secondary N) is 1. The molecule has 0 saturated heterocycles. The first-order valence-electron chi connectivity index (χ1n) is 9.99. The van der Waals surface area contributed by atoms with Crippen LogP contribution in [-0.4, -0.2) is 38.2 Å². The second-order valence-electron chi connectivity index (χ2n) is 7.32. The van der Waals surface area contributed by atoms with Crippen molar-refractivity contribution in [2.75, 3.05) is 5.32 Å². The number of nitrogens with zero attached hydrogens (tertiary/aromatic N) is 2. The number of carboxylic acid groups (broad SMARTS) is 2. The molecule has 10 heteroatoms. The van der Waals surface area contributed by atoms with Gasteiger partial charge in [0.15, 0.2) is 0 Å². The van der Waals surface area contributed by atoms with Crippen LogP contribution in [0, 0.1) is 0 Å². The summed E-state index contributed by atoms with van der Waals surface area (Å²) >= 11 is 9.36. The number of hydrogen-bond donors (Lipinski definition) is 3. The summed E-state index contributed by atoms with van der Waals surface area (Å²) < 4.78 is 6.50. The Morgan fingerprint density at radius 2 is 1.85 bits per heavy atom. The van der Waals surface area contributed by atoms with Crippen LogP contribution in [0.25, 0.3) is 10.9 Å². The maximum atomic E-state index is 12.0. The van der Waals surface area contributed by atoms with Crippen LogP contribution in [0.3, 0.4) is 0 Å². The third-order valence-corrected chi connectivity index (χ3v) is 5.77. The molecule has 172 valence electrons. The topological polar surface area (TPSA) is 122 Å². The third kappa shape index (κ3) is 5.44. The SMILES string of the molecule is O=C(O)c1cc2cc(Cl)ccc2nc1N[C@@H](Cc1ccc(Oc2ccncc2Br)cc1)C(=O)O. The highest BCUT2D eigenvalue weighted by atomic mass is 79.9. The zero-order valence-electron chi connectivity index (χ0n) is 17.4. The summed E-state index contributed by atoms with van der Waals surface area (Å²) in [7, 11) is 0. The van der Waals surface area contributed by atoms with E-state index in [9.17, 15) is 19.8 Å². The summed E-state index contributed by atoms with van der Waals surface area (Å²) in [6.45, 7) is 0. The molecule has 2 aromatic carbocycles. The molecule has 3 N–H and O–H groups in total. The Morgan fingerprint density at radius 3 is 2.53 bits per heavy atom. The Kier molecular flexibility index (Phi) is 6.95. The molecule has 1 atom stereocenters. The standard InChI is InChI=1S/C24H17BrClN3O5/c25-18-12-27-8-7-21(18)34-16-4-1-13(2-5-16)9-20(24(32)33)29-22-17(23(30)31)11-14-10-15(26)3-6-19(14)28-22/h1-8,10-12,20H,9H2,(H,28,29)(H,30,31)(H,32,33)/t20-/m0/s1. The number of fused-ring (bicyclic) bond motifs is 1. The van der Waals surface area contributed by atoms with Crippen molar-refractivity contribution < 1.29 is 24.5 Å². The molecule has 0 spiro atoms.